The maximum Gasteiger partial charge on any atom is 0.327 e. The van der Waals surface area contributed by atoms with Crippen LogP contribution in [0.3, 0.4) is 0 Å². The molecule has 0 amide bonds. The van der Waals surface area contributed by atoms with Gasteiger partial charge < -0.3 is 42.5 Å². The van der Waals surface area contributed by atoms with Crippen LogP contribution in [0.1, 0.15) is 256 Å². The second-order valence-electron chi connectivity index (χ2n) is 38.0. The number of nitrogens with zero attached hydrogens (tertiary/aromatic N) is 2. The first-order chi connectivity index (χ1) is 48.6. The lowest BCUT2D eigenvalue weighted by atomic mass is 9.45. The first-order valence-electron chi connectivity index (χ1n) is 42.2. The number of rotatable bonds is 0. The second kappa shape index (κ2) is 29.6. The minimum Gasteiger partial charge on any atom is -0.493 e. The van der Waals surface area contributed by atoms with Crippen LogP contribution in [0.25, 0.3) is 0 Å². The molecule has 12 aliphatic carbocycles. The zero-order valence-electron chi connectivity index (χ0n) is 67.5. The summed E-state index contributed by atoms with van der Waals surface area (Å²) in [4.78, 5) is 8.91. The molecule has 18 aliphatic rings. The van der Waals surface area contributed by atoms with Gasteiger partial charge >= 0.3 is 7.60 Å². The molecule has 5 saturated heterocycles. The van der Waals surface area contributed by atoms with Crippen molar-refractivity contribution in [3.8, 4) is 5.75 Å². The SMILES string of the molecule is CC1C(C)C12CCCCO2.CC1C(C)C12CCCc1ocnc12.CC1C(C)C12CCOCC2.CC1C(C)C12CCOc1ccccc12.CC1C(C)C12CNCCO2.CC1C(C)C12COP(C)(=O)OC2.CC1CC(C)C12CCC2.CC1CC(C)C12CCOC2.CC1CC(C)C12CCc1ncccc12. The molecule has 15 fully saturated rings. The molecule has 572 valence electrons. The van der Waals surface area contributed by atoms with Crippen molar-refractivity contribution in [2.24, 2.45) is 128 Å². The maximum absolute atomic E-state index is 11.3. The summed E-state index contributed by atoms with van der Waals surface area (Å²) in [5, 5.41) is 3.37. The quantitative estimate of drug-likeness (QED) is 0.215. The van der Waals surface area contributed by atoms with Crippen LogP contribution in [-0.2, 0) is 61.6 Å². The van der Waals surface area contributed by atoms with Crippen molar-refractivity contribution in [3.63, 3.8) is 0 Å². The van der Waals surface area contributed by atoms with E-state index in [1.165, 1.54) is 133 Å². The summed E-state index contributed by atoms with van der Waals surface area (Å²) in [5.74, 6) is 17.6. The van der Waals surface area contributed by atoms with E-state index in [9.17, 15) is 4.57 Å². The molecule has 18 unspecified atom stereocenters. The summed E-state index contributed by atoms with van der Waals surface area (Å²) >= 11 is 0. The third-order valence-electron chi connectivity index (χ3n) is 35.3. The number of hydrogen-bond acceptors (Lipinski definition) is 12. The number of pyridine rings is 1. The van der Waals surface area contributed by atoms with Gasteiger partial charge in [-0.2, -0.15) is 0 Å². The Morgan fingerprint density at radius 1 is 0.431 bits per heavy atom. The minimum atomic E-state index is -2.68. The van der Waals surface area contributed by atoms with E-state index < -0.39 is 7.60 Å². The molecule has 18 atom stereocenters. The second-order valence-corrected chi connectivity index (χ2v) is 40.1. The zero-order chi connectivity index (χ0) is 72.8. The van der Waals surface area contributed by atoms with Crippen molar-refractivity contribution in [2.45, 2.75) is 268 Å². The van der Waals surface area contributed by atoms with E-state index in [4.69, 9.17) is 37.1 Å². The molecular formula is C89H142N3O9P. The molecular weight excluding hydrogens is 1290 g/mol. The van der Waals surface area contributed by atoms with Crippen molar-refractivity contribution in [3.05, 3.63) is 77.3 Å². The van der Waals surface area contributed by atoms with Crippen LogP contribution in [0.15, 0.2) is 53.4 Å². The number of ether oxygens (including phenoxy) is 5. The van der Waals surface area contributed by atoms with Crippen molar-refractivity contribution in [1.82, 2.24) is 15.3 Å². The first-order valence-corrected chi connectivity index (χ1v) is 44.2. The number of fused-ring (bicyclic) bond motifs is 6. The van der Waals surface area contributed by atoms with Gasteiger partial charge in [0.15, 0.2) is 6.39 Å². The van der Waals surface area contributed by atoms with Crippen molar-refractivity contribution in [1.29, 1.82) is 0 Å². The Morgan fingerprint density at radius 3 is 1.43 bits per heavy atom. The maximum atomic E-state index is 11.3. The third-order valence-corrected chi connectivity index (χ3v) is 36.5. The summed E-state index contributed by atoms with van der Waals surface area (Å²) in [6.07, 6.45) is 27.8. The Bertz CT molecular complexity index is 3180. The van der Waals surface area contributed by atoms with Gasteiger partial charge in [0.25, 0.3) is 0 Å². The fourth-order valence-corrected chi connectivity index (χ4v) is 26.0. The highest BCUT2D eigenvalue weighted by molar-refractivity contribution is 7.53. The van der Waals surface area contributed by atoms with Crippen molar-refractivity contribution >= 4 is 7.60 Å². The van der Waals surface area contributed by atoms with Crippen LogP contribution in [-0.4, -0.2) is 100 Å². The molecule has 8 heterocycles. The fourth-order valence-electron chi connectivity index (χ4n) is 25.0. The predicted octanol–water partition coefficient (Wildman–Crippen LogP) is 20.4. The van der Waals surface area contributed by atoms with E-state index >= 15 is 0 Å². The van der Waals surface area contributed by atoms with Gasteiger partial charge in [-0.3, -0.25) is 9.55 Å². The Morgan fingerprint density at radius 2 is 0.990 bits per heavy atom. The number of oxazole rings is 1. The number of para-hydroxylation sites is 1. The molecule has 1 N–H and O–H groups in total. The largest absolute Gasteiger partial charge is 0.493 e. The molecule has 0 bridgehead atoms. The van der Waals surface area contributed by atoms with Gasteiger partial charge in [-0.25, -0.2) is 4.98 Å². The van der Waals surface area contributed by atoms with Gasteiger partial charge in [-0.1, -0.05) is 155 Å². The number of aryl methyl sites for hydroxylation is 2. The van der Waals surface area contributed by atoms with Crippen LogP contribution in [0, 0.1) is 128 Å². The average Bonchev–Trinajstić information content (AvgIpc) is 1.40. The topological polar surface area (TPSA) is 133 Å². The summed E-state index contributed by atoms with van der Waals surface area (Å²) in [7, 11) is -2.68. The summed E-state index contributed by atoms with van der Waals surface area (Å²) < 4.78 is 55.2. The Labute approximate surface area is 619 Å². The lowest BCUT2D eigenvalue weighted by molar-refractivity contribution is -0.100. The normalized spacial score (nSPS) is 47.1. The molecule has 10 saturated carbocycles. The standard InChI is InChI=1S/C13H17N.C13H16O.C11H15NO.3C9H16O.C9H16.C8H15NO.C8H15O3P/c1-9-8-10(2)13(9)6-5-12-11(13)4-3-7-14-12;1-9-10(2)13(9)7-8-14-12-6-4-3-5-11(12)13;1-7-8(2)11(7)5-3-4-9-10(11)12-6-13-9;1-7-8(2)9(7)3-5-10-6-4-9;1-7-5-8(2)9(7)3-4-10-6-9;1-7-8(2)9(7)5-3-4-6-10-9;1-7-6-8(2)9(7)4-3-5-9;1-6-7(2)8(6)5-9-3-4-10-8;1-6-7(2)8(6)4-10-12(3,9)11-5-8/h3-4,7,9-10H,5-6,8H2,1-2H3;3-6,9-10H,7-8H2,1-2H3;6-8H,3-5H2,1-2H3;3*7-8H,3-6H2,1-2H3;7-8H,3-6H2,1-2H3;6-7,9H,3-5H2,1-2H3;6-7H,4-5H2,1-3H3. The van der Waals surface area contributed by atoms with E-state index in [1.54, 1.807) is 12.0 Å². The smallest absolute Gasteiger partial charge is 0.327 e. The molecule has 102 heavy (non-hydrogen) atoms. The van der Waals surface area contributed by atoms with Gasteiger partial charge in [0.1, 0.15) is 11.5 Å². The highest BCUT2D eigenvalue weighted by Crippen LogP contribution is 2.69. The molecule has 6 aliphatic heterocycles. The van der Waals surface area contributed by atoms with Gasteiger partial charge in [-0.15, -0.1) is 0 Å². The number of benzene rings is 1. The van der Waals surface area contributed by atoms with Gasteiger partial charge in [0, 0.05) is 97.1 Å². The molecule has 9 spiro atoms. The van der Waals surface area contributed by atoms with Crippen LogP contribution in [0.4, 0.5) is 0 Å². The van der Waals surface area contributed by atoms with Crippen molar-refractivity contribution in [2.75, 3.05) is 79.2 Å². The molecule has 3 aromatic rings. The summed E-state index contributed by atoms with van der Waals surface area (Å²) in [6, 6.07) is 13.0. The number of hydrogen-bond donors (Lipinski definition) is 1. The summed E-state index contributed by atoms with van der Waals surface area (Å²) in [6.45, 7) is 53.9. The molecule has 0 radical (unpaired) electrons. The van der Waals surface area contributed by atoms with Crippen LogP contribution in [0.2, 0.25) is 0 Å². The Kier molecular flexibility index (Phi) is 22.5. The highest BCUT2D eigenvalue weighted by Gasteiger charge is 2.66. The highest BCUT2D eigenvalue weighted by atomic mass is 31.2. The zero-order valence-corrected chi connectivity index (χ0v) is 68.4. The van der Waals surface area contributed by atoms with Gasteiger partial charge in [0.05, 0.1) is 49.9 Å². The van der Waals surface area contributed by atoms with Crippen molar-refractivity contribution < 1.29 is 41.7 Å². The Hall–Kier alpha value is -2.67. The number of morpholine rings is 1. The molecule has 2 aromatic heterocycles. The molecule has 1 aromatic carbocycles. The minimum absolute atomic E-state index is 0.184. The first kappa shape index (κ1) is 77.5. The monoisotopic (exact) mass is 1430 g/mol. The molecule has 13 heteroatoms. The fraction of sp³-hybridized carbons (Fsp3) is 0.843. The molecule has 21 rings (SSSR count). The number of aromatic nitrogens is 2. The van der Waals surface area contributed by atoms with Crippen LogP contribution < -0.4 is 10.1 Å². The van der Waals surface area contributed by atoms with E-state index in [1.807, 2.05) is 6.20 Å². The predicted molar refractivity (Wildman–Crippen MR) is 411 cm³/mol. The van der Waals surface area contributed by atoms with E-state index in [2.05, 4.69) is 176 Å². The van der Waals surface area contributed by atoms with Crippen LogP contribution >= 0.6 is 7.60 Å². The molecule has 12 nitrogen and oxygen atoms in total. The Balaban J connectivity index is 0.000000103. The van der Waals surface area contributed by atoms with E-state index in [0.29, 0.717) is 52.3 Å². The lowest BCUT2D eigenvalue weighted by Crippen LogP contribution is -2.51. The third kappa shape index (κ3) is 13.3. The number of nitrogens with one attached hydrogen (secondary N) is 1. The van der Waals surface area contributed by atoms with Crippen LogP contribution in [0.5, 0.6) is 5.75 Å². The van der Waals surface area contributed by atoms with E-state index in [-0.39, 0.29) is 11.0 Å². The van der Waals surface area contributed by atoms with Gasteiger partial charge in [0.2, 0.25) is 0 Å². The lowest BCUT2D eigenvalue weighted by Gasteiger charge is -2.60. The van der Waals surface area contributed by atoms with Gasteiger partial charge in [-0.05, 0) is 238 Å². The average molecular weight is 1430 g/mol. The van der Waals surface area contributed by atoms with E-state index in [0.717, 1.165) is 183 Å². The summed E-state index contributed by atoms with van der Waals surface area (Å²) in [5.41, 5.74) is 9.97.